The Morgan fingerprint density at radius 1 is 1.07 bits per heavy atom. The molecule has 43 heavy (non-hydrogen) atoms. The molecule has 0 aliphatic heterocycles. The van der Waals surface area contributed by atoms with Crippen LogP contribution in [0.2, 0.25) is 0 Å². The highest BCUT2D eigenvalue weighted by atomic mass is 31.2. The first-order chi connectivity index (χ1) is 19.9. The highest BCUT2D eigenvalue weighted by Gasteiger charge is 2.38. The minimum absolute atomic E-state index is 0.0616. The predicted molar refractivity (Wildman–Crippen MR) is 158 cm³/mol. The van der Waals surface area contributed by atoms with Crippen LogP contribution in [0.15, 0.2) is 35.4 Å². The Kier molecular flexibility index (Phi) is 16.3. The minimum Gasteiger partial charge on any atom is -0.777 e. The van der Waals surface area contributed by atoms with Crippen molar-refractivity contribution < 1.29 is 52.8 Å². The van der Waals surface area contributed by atoms with Gasteiger partial charge in [0.2, 0.25) is 11.8 Å². The smallest absolute Gasteiger partial charge is 0.408 e. The minimum atomic E-state index is -5.53. The second kappa shape index (κ2) is 18.2. The Morgan fingerprint density at radius 3 is 2.23 bits per heavy atom. The molecule has 0 aliphatic carbocycles. The third-order valence-corrected chi connectivity index (χ3v) is 9.66. The Bertz CT molecular complexity index is 1140. The fourth-order valence-corrected chi connectivity index (χ4v) is 6.03. The average molecular weight is 650 g/mol. The van der Waals surface area contributed by atoms with Gasteiger partial charge in [0, 0.05) is 12.8 Å². The second-order valence-corrected chi connectivity index (χ2v) is 14.5. The van der Waals surface area contributed by atoms with Crippen LogP contribution >= 0.6 is 15.2 Å². The van der Waals surface area contributed by atoms with E-state index in [0.717, 1.165) is 5.56 Å². The van der Waals surface area contributed by atoms with Gasteiger partial charge < -0.3 is 44.8 Å². The number of alkyl carbamates (subject to hydrolysis) is 1. The quantitative estimate of drug-likeness (QED) is 0.0651. The number of amides is 3. The number of nitrogens with one attached hydrogen (secondary N) is 4. The van der Waals surface area contributed by atoms with Gasteiger partial charge in [-0.2, -0.15) is 0 Å². The maximum absolute atomic E-state index is 13.3. The summed E-state index contributed by atoms with van der Waals surface area (Å²) < 4.78 is 27.8. The van der Waals surface area contributed by atoms with Crippen molar-refractivity contribution in [3.05, 3.63) is 35.9 Å². The van der Waals surface area contributed by atoms with E-state index in [1.807, 2.05) is 58.0 Å². The standard InChI is InChI=1S/C26H45N5O10P2/c1-6-19(4)23(30-25(34)41-17-20-11-8-7-9-12-20)24(33)28-21(15-18(2)3)16-27-31(5)14-10-13-22(32)29-26(42(35,36)37)43(38,39)40/h7-9,11-12,16,18-19,21,23,26H,6,10,13-15,17H2,1-5H3,(H,28,33)(H,29,32)(H,30,34)(H2,35,36,37)(H2,38,39,40)/b27-16+/t19-,21?,23-/m0/s1. The molecule has 0 heterocycles. The normalized spacial score (nSPS) is 16.9. The Balaban J connectivity index is 2.75. The SMILES string of the molecule is CC[C@H](C)[C@H](NC(=O)OCc1ccccc1)C(=O)NC(/C=N/[NH+](C)CCCC(=O)NC(P(=O)([O-])O)P(=O)(O)O)CC(C)C. The van der Waals surface area contributed by atoms with Gasteiger partial charge in [0.25, 0.3) is 0 Å². The van der Waals surface area contributed by atoms with Gasteiger partial charge in [-0.1, -0.05) is 69.5 Å². The lowest BCUT2D eigenvalue weighted by molar-refractivity contribution is -0.886. The van der Waals surface area contributed by atoms with Crippen molar-refractivity contribution in [3.8, 4) is 0 Å². The topological polar surface area (TPSA) is 231 Å². The number of carbonyl (C=O) groups is 3. The second-order valence-electron chi connectivity index (χ2n) is 10.8. The van der Waals surface area contributed by atoms with Gasteiger partial charge >= 0.3 is 13.7 Å². The van der Waals surface area contributed by atoms with Crippen LogP contribution in [0.5, 0.6) is 0 Å². The molecule has 0 radical (unpaired) electrons. The Morgan fingerprint density at radius 2 is 1.70 bits per heavy atom. The van der Waals surface area contributed by atoms with E-state index in [9.17, 15) is 28.4 Å². The van der Waals surface area contributed by atoms with E-state index in [1.54, 1.807) is 18.6 Å². The van der Waals surface area contributed by atoms with Crippen molar-refractivity contribution >= 4 is 39.3 Å². The van der Waals surface area contributed by atoms with Crippen LogP contribution in [-0.2, 0) is 30.1 Å². The summed E-state index contributed by atoms with van der Waals surface area (Å²) in [5, 5.41) is 12.2. The van der Waals surface area contributed by atoms with Gasteiger partial charge in [-0.05, 0) is 23.8 Å². The monoisotopic (exact) mass is 649 g/mol. The number of nitrogens with zero attached hydrogens (tertiary/aromatic N) is 1. The van der Waals surface area contributed by atoms with E-state index in [-0.39, 0.29) is 37.8 Å². The molecule has 0 bridgehead atoms. The van der Waals surface area contributed by atoms with E-state index >= 15 is 0 Å². The summed E-state index contributed by atoms with van der Waals surface area (Å²) in [6, 6.07) is 7.83. The third kappa shape index (κ3) is 15.6. The molecular weight excluding hydrogens is 604 g/mol. The van der Waals surface area contributed by atoms with Gasteiger partial charge in [-0.15, -0.1) is 0 Å². The molecule has 0 saturated carbocycles. The van der Waals surface area contributed by atoms with Crippen LogP contribution in [0.4, 0.5) is 4.79 Å². The number of carbonyl (C=O) groups excluding carboxylic acids is 3. The van der Waals surface area contributed by atoms with Gasteiger partial charge in [0.05, 0.1) is 19.3 Å². The molecular formula is C26H45N5O10P2. The molecule has 7 N–H and O–H groups in total. The van der Waals surface area contributed by atoms with E-state index in [2.05, 4.69) is 15.7 Å². The van der Waals surface area contributed by atoms with Gasteiger partial charge in [-0.3, -0.25) is 14.2 Å². The highest BCUT2D eigenvalue weighted by Crippen LogP contribution is 2.55. The van der Waals surface area contributed by atoms with E-state index in [1.165, 1.54) is 0 Å². The molecule has 0 aromatic heterocycles. The maximum atomic E-state index is 13.3. The maximum Gasteiger partial charge on any atom is 0.408 e. The summed E-state index contributed by atoms with van der Waals surface area (Å²) in [4.78, 5) is 76.2. The van der Waals surface area contributed by atoms with Gasteiger partial charge in [-0.25, -0.2) is 9.80 Å². The lowest BCUT2D eigenvalue weighted by Crippen LogP contribution is -3.04. The summed E-state index contributed by atoms with van der Waals surface area (Å²) in [5.74, 6) is -1.35. The summed E-state index contributed by atoms with van der Waals surface area (Å²) in [5.41, 5.74) is -1.90. The molecule has 4 unspecified atom stereocenters. The molecule has 1 aromatic carbocycles. The fourth-order valence-electron chi connectivity index (χ4n) is 3.89. The van der Waals surface area contributed by atoms with Crippen molar-refractivity contribution in [1.82, 2.24) is 16.0 Å². The zero-order valence-corrected chi connectivity index (χ0v) is 26.9. The largest absolute Gasteiger partial charge is 0.777 e. The Hall–Kier alpha value is -2.64. The molecule has 3 amide bonds. The van der Waals surface area contributed by atoms with Gasteiger partial charge in [0.15, 0.2) is 13.1 Å². The first kappa shape index (κ1) is 38.4. The number of hydrogen-bond donors (Lipinski definition) is 7. The molecule has 1 rings (SSSR count). The van der Waals surface area contributed by atoms with E-state index in [0.29, 0.717) is 17.9 Å². The van der Waals surface area contributed by atoms with Crippen LogP contribution in [0.25, 0.3) is 0 Å². The summed E-state index contributed by atoms with van der Waals surface area (Å²) in [6.07, 6.45) is 1.92. The first-order valence-electron chi connectivity index (χ1n) is 14.0. The van der Waals surface area contributed by atoms with Crippen LogP contribution < -0.4 is 25.9 Å². The fraction of sp³-hybridized carbons (Fsp3) is 0.615. The molecule has 17 heteroatoms. The van der Waals surface area contributed by atoms with E-state index in [4.69, 9.17) is 19.4 Å². The number of ether oxygens (including phenoxy) is 1. The molecule has 0 aliphatic rings. The van der Waals surface area contributed by atoms with E-state index < -0.39 is 50.7 Å². The summed E-state index contributed by atoms with van der Waals surface area (Å²) in [7, 11) is -9.18. The van der Waals surface area contributed by atoms with Crippen LogP contribution in [0.1, 0.15) is 58.9 Å². The Labute approximate surface area is 252 Å². The average Bonchev–Trinajstić information content (AvgIpc) is 2.90. The molecule has 244 valence electrons. The van der Waals surface area contributed by atoms with Crippen LogP contribution in [-0.4, -0.2) is 70.0 Å². The molecule has 1 aromatic rings. The van der Waals surface area contributed by atoms with Crippen LogP contribution in [0, 0.1) is 11.8 Å². The molecule has 6 atom stereocenters. The van der Waals surface area contributed by atoms with Crippen molar-refractivity contribution in [3.63, 3.8) is 0 Å². The third-order valence-electron chi connectivity index (χ3n) is 6.37. The van der Waals surface area contributed by atoms with Crippen molar-refractivity contribution in [2.75, 3.05) is 13.6 Å². The molecule has 0 saturated heterocycles. The zero-order chi connectivity index (χ0) is 32.8. The number of benzene rings is 1. The number of rotatable bonds is 18. The highest BCUT2D eigenvalue weighted by molar-refractivity contribution is 7.70. The predicted octanol–water partition coefficient (Wildman–Crippen LogP) is 0.262. The van der Waals surface area contributed by atoms with Gasteiger partial charge in [0.1, 0.15) is 19.2 Å². The lowest BCUT2D eigenvalue weighted by atomic mass is 9.97. The zero-order valence-electron chi connectivity index (χ0n) is 25.1. The number of hydrogen-bond acceptors (Lipinski definition) is 8. The summed E-state index contributed by atoms with van der Waals surface area (Å²) >= 11 is 0. The van der Waals surface area contributed by atoms with Crippen molar-refractivity contribution in [2.24, 2.45) is 16.9 Å². The molecule has 15 nitrogen and oxygen atoms in total. The molecule has 0 fully saturated rings. The van der Waals surface area contributed by atoms with Crippen LogP contribution in [0.3, 0.4) is 0 Å². The lowest BCUT2D eigenvalue weighted by Gasteiger charge is -2.28. The molecule has 0 spiro atoms. The summed E-state index contributed by atoms with van der Waals surface area (Å²) in [6.45, 7) is 8.05. The van der Waals surface area contributed by atoms with Crippen molar-refractivity contribution in [2.45, 2.75) is 77.6 Å². The van der Waals surface area contributed by atoms with Crippen molar-refractivity contribution in [1.29, 1.82) is 0 Å². The number of quaternary nitrogens is 1. The first-order valence-corrected chi connectivity index (χ1v) is 17.3.